The SMILES string of the molecule is O=C(O)N[C@H](C(=O)N1CCOCC1)c1cccs1. The van der Waals surface area contributed by atoms with Crippen molar-refractivity contribution in [3.8, 4) is 0 Å². The summed E-state index contributed by atoms with van der Waals surface area (Å²) in [6, 6.07) is 2.73. The number of thiophene rings is 1. The molecule has 0 radical (unpaired) electrons. The number of morpholine rings is 1. The van der Waals surface area contributed by atoms with Crippen LogP contribution in [0.4, 0.5) is 4.79 Å². The quantitative estimate of drug-likeness (QED) is 0.856. The first-order valence-corrected chi connectivity index (χ1v) is 6.46. The number of nitrogens with zero attached hydrogens (tertiary/aromatic N) is 1. The minimum Gasteiger partial charge on any atom is -0.465 e. The summed E-state index contributed by atoms with van der Waals surface area (Å²) in [5.41, 5.74) is 0. The molecule has 98 valence electrons. The third-order valence-corrected chi connectivity index (χ3v) is 3.60. The van der Waals surface area contributed by atoms with Crippen LogP contribution in [-0.4, -0.2) is 48.3 Å². The molecule has 2 amide bonds. The molecule has 1 aliphatic rings. The smallest absolute Gasteiger partial charge is 0.405 e. The maximum atomic E-state index is 12.3. The first-order chi connectivity index (χ1) is 8.68. The van der Waals surface area contributed by atoms with E-state index in [-0.39, 0.29) is 5.91 Å². The normalized spacial score (nSPS) is 17.2. The number of nitrogens with one attached hydrogen (secondary N) is 1. The van der Waals surface area contributed by atoms with Crippen LogP contribution in [0.1, 0.15) is 10.9 Å². The van der Waals surface area contributed by atoms with Crippen molar-refractivity contribution in [3.05, 3.63) is 22.4 Å². The Morgan fingerprint density at radius 3 is 2.72 bits per heavy atom. The molecule has 1 fully saturated rings. The Morgan fingerprint density at radius 1 is 1.44 bits per heavy atom. The van der Waals surface area contributed by atoms with Crippen LogP contribution in [0, 0.1) is 0 Å². The van der Waals surface area contributed by atoms with E-state index in [4.69, 9.17) is 9.84 Å². The summed E-state index contributed by atoms with van der Waals surface area (Å²) in [7, 11) is 0. The van der Waals surface area contributed by atoms with Gasteiger partial charge in [-0.15, -0.1) is 11.3 Å². The van der Waals surface area contributed by atoms with Crippen LogP contribution in [0.15, 0.2) is 17.5 Å². The zero-order valence-electron chi connectivity index (χ0n) is 9.67. The van der Waals surface area contributed by atoms with Crippen molar-refractivity contribution in [2.45, 2.75) is 6.04 Å². The van der Waals surface area contributed by atoms with Crippen molar-refractivity contribution < 1.29 is 19.4 Å². The van der Waals surface area contributed by atoms with E-state index in [1.807, 2.05) is 5.38 Å². The minimum absolute atomic E-state index is 0.219. The van der Waals surface area contributed by atoms with Crippen molar-refractivity contribution >= 4 is 23.3 Å². The average Bonchev–Trinajstić information content (AvgIpc) is 2.89. The fourth-order valence-electron chi connectivity index (χ4n) is 1.80. The summed E-state index contributed by atoms with van der Waals surface area (Å²) < 4.78 is 5.17. The van der Waals surface area contributed by atoms with Crippen LogP contribution in [-0.2, 0) is 9.53 Å². The predicted molar refractivity (Wildman–Crippen MR) is 65.6 cm³/mol. The van der Waals surface area contributed by atoms with Crippen LogP contribution >= 0.6 is 11.3 Å². The van der Waals surface area contributed by atoms with Crippen molar-refractivity contribution in [2.75, 3.05) is 26.3 Å². The van der Waals surface area contributed by atoms with Gasteiger partial charge >= 0.3 is 6.09 Å². The molecule has 0 aromatic carbocycles. The highest BCUT2D eigenvalue weighted by atomic mass is 32.1. The molecule has 0 spiro atoms. The van der Waals surface area contributed by atoms with Gasteiger partial charge in [0, 0.05) is 18.0 Å². The summed E-state index contributed by atoms with van der Waals surface area (Å²) in [5, 5.41) is 12.9. The summed E-state index contributed by atoms with van der Waals surface area (Å²) in [4.78, 5) is 25.4. The molecule has 0 saturated carbocycles. The number of carboxylic acid groups (broad SMARTS) is 1. The molecule has 1 atom stereocenters. The Balaban J connectivity index is 2.12. The van der Waals surface area contributed by atoms with E-state index < -0.39 is 12.1 Å². The van der Waals surface area contributed by atoms with Gasteiger partial charge in [0.2, 0.25) is 0 Å². The lowest BCUT2D eigenvalue weighted by atomic mass is 10.2. The van der Waals surface area contributed by atoms with Gasteiger partial charge < -0.3 is 20.1 Å². The topological polar surface area (TPSA) is 78.9 Å². The number of rotatable bonds is 3. The number of carbonyl (C=O) groups excluding carboxylic acids is 1. The zero-order chi connectivity index (χ0) is 13.0. The maximum Gasteiger partial charge on any atom is 0.405 e. The minimum atomic E-state index is -1.20. The van der Waals surface area contributed by atoms with Crippen LogP contribution < -0.4 is 5.32 Å². The Labute approximate surface area is 108 Å². The molecule has 0 aliphatic carbocycles. The number of hydrogen-bond donors (Lipinski definition) is 2. The molecule has 2 N–H and O–H groups in total. The fourth-order valence-corrected chi connectivity index (χ4v) is 2.57. The Bertz CT molecular complexity index is 415. The van der Waals surface area contributed by atoms with Crippen LogP contribution in [0.25, 0.3) is 0 Å². The molecule has 18 heavy (non-hydrogen) atoms. The van der Waals surface area contributed by atoms with Gasteiger partial charge in [0.05, 0.1) is 13.2 Å². The van der Waals surface area contributed by atoms with Crippen molar-refractivity contribution in [1.82, 2.24) is 10.2 Å². The van der Waals surface area contributed by atoms with Crippen molar-refractivity contribution in [3.63, 3.8) is 0 Å². The molecule has 0 unspecified atom stereocenters. The number of amides is 2. The third kappa shape index (κ3) is 2.99. The highest BCUT2D eigenvalue weighted by Crippen LogP contribution is 2.21. The van der Waals surface area contributed by atoms with Gasteiger partial charge in [-0.1, -0.05) is 6.07 Å². The predicted octanol–water partition coefficient (Wildman–Crippen LogP) is 0.916. The van der Waals surface area contributed by atoms with Gasteiger partial charge in [-0.3, -0.25) is 4.79 Å². The molecule has 2 heterocycles. The lowest BCUT2D eigenvalue weighted by Gasteiger charge is -2.30. The van der Waals surface area contributed by atoms with Crippen LogP contribution in [0.3, 0.4) is 0 Å². The Kier molecular flexibility index (Phi) is 4.16. The van der Waals surface area contributed by atoms with E-state index in [1.165, 1.54) is 11.3 Å². The zero-order valence-corrected chi connectivity index (χ0v) is 10.5. The molecule has 6 nitrogen and oxygen atoms in total. The summed E-state index contributed by atoms with van der Waals surface area (Å²) in [5.74, 6) is -0.219. The first-order valence-electron chi connectivity index (χ1n) is 5.58. The Morgan fingerprint density at radius 2 is 2.17 bits per heavy atom. The molecular weight excluding hydrogens is 256 g/mol. The van der Waals surface area contributed by atoms with E-state index in [0.717, 1.165) is 0 Å². The van der Waals surface area contributed by atoms with E-state index in [2.05, 4.69) is 5.32 Å². The van der Waals surface area contributed by atoms with Gasteiger partial charge in [0.1, 0.15) is 6.04 Å². The van der Waals surface area contributed by atoms with Crippen LogP contribution in [0.5, 0.6) is 0 Å². The average molecular weight is 270 g/mol. The first kappa shape index (κ1) is 12.8. The molecule has 1 aromatic heterocycles. The molecule has 2 rings (SSSR count). The second-order valence-electron chi connectivity index (χ2n) is 3.84. The summed E-state index contributed by atoms with van der Waals surface area (Å²) in [6.45, 7) is 2.00. The van der Waals surface area contributed by atoms with Gasteiger partial charge in [-0.2, -0.15) is 0 Å². The van der Waals surface area contributed by atoms with Crippen LogP contribution in [0.2, 0.25) is 0 Å². The van der Waals surface area contributed by atoms with Crippen molar-refractivity contribution in [1.29, 1.82) is 0 Å². The van der Waals surface area contributed by atoms with E-state index in [0.29, 0.717) is 31.2 Å². The van der Waals surface area contributed by atoms with Gasteiger partial charge in [0.25, 0.3) is 5.91 Å². The maximum absolute atomic E-state index is 12.3. The molecule has 1 saturated heterocycles. The van der Waals surface area contributed by atoms with Gasteiger partial charge in [0.15, 0.2) is 0 Å². The monoisotopic (exact) mass is 270 g/mol. The van der Waals surface area contributed by atoms with E-state index in [1.54, 1.807) is 17.0 Å². The highest BCUT2D eigenvalue weighted by molar-refractivity contribution is 7.10. The number of carbonyl (C=O) groups is 2. The standard InChI is InChI=1S/C11H14N2O4S/c14-10(13-3-5-17-6-4-13)9(12-11(15)16)8-2-1-7-18-8/h1-2,7,9,12H,3-6H2,(H,15,16)/t9-/m0/s1. The third-order valence-electron chi connectivity index (χ3n) is 2.67. The summed E-state index contributed by atoms with van der Waals surface area (Å²) >= 11 is 1.36. The second-order valence-corrected chi connectivity index (χ2v) is 4.81. The molecule has 0 bridgehead atoms. The van der Waals surface area contributed by atoms with Crippen molar-refractivity contribution in [2.24, 2.45) is 0 Å². The highest BCUT2D eigenvalue weighted by Gasteiger charge is 2.29. The number of ether oxygens (including phenoxy) is 1. The fraction of sp³-hybridized carbons (Fsp3) is 0.455. The van der Waals surface area contributed by atoms with Gasteiger partial charge in [-0.25, -0.2) is 4.79 Å². The van der Waals surface area contributed by atoms with Gasteiger partial charge in [-0.05, 0) is 11.4 Å². The lowest BCUT2D eigenvalue weighted by Crippen LogP contribution is -2.47. The second kappa shape index (κ2) is 5.83. The largest absolute Gasteiger partial charge is 0.465 e. The number of hydrogen-bond acceptors (Lipinski definition) is 4. The van der Waals surface area contributed by atoms with E-state index in [9.17, 15) is 9.59 Å². The summed E-state index contributed by atoms with van der Waals surface area (Å²) in [6.07, 6.45) is -1.20. The molecular formula is C11H14N2O4S. The molecule has 7 heteroatoms. The lowest BCUT2D eigenvalue weighted by molar-refractivity contribution is -0.137. The molecule has 1 aromatic rings. The Hall–Kier alpha value is -1.60. The van der Waals surface area contributed by atoms with E-state index >= 15 is 0 Å². The molecule has 1 aliphatic heterocycles.